The first-order valence-electron chi connectivity index (χ1n) is 9.91. The summed E-state index contributed by atoms with van der Waals surface area (Å²) in [6.07, 6.45) is 0.438. The Morgan fingerprint density at radius 2 is 1.43 bits per heavy atom. The van der Waals surface area contributed by atoms with Gasteiger partial charge >= 0.3 is 0 Å². The van der Waals surface area contributed by atoms with Crippen LogP contribution in [0.3, 0.4) is 0 Å². The predicted octanol–water partition coefficient (Wildman–Crippen LogP) is 3.60. The zero-order valence-corrected chi connectivity index (χ0v) is 17.3. The molecule has 0 radical (unpaired) electrons. The Hall–Kier alpha value is -3.48. The average molecular weight is 407 g/mol. The molecule has 1 aliphatic rings. The van der Waals surface area contributed by atoms with Crippen LogP contribution in [0.2, 0.25) is 0 Å². The lowest BCUT2D eigenvalue weighted by Crippen LogP contribution is -2.32. The molecule has 7 nitrogen and oxygen atoms in total. The van der Waals surface area contributed by atoms with Crippen molar-refractivity contribution in [2.24, 2.45) is 5.92 Å². The second-order valence-electron chi connectivity index (χ2n) is 7.83. The van der Waals surface area contributed by atoms with Gasteiger partial charge in [-0.05, 0) is 49.2 Å². The minimum Gasteiger partial charge on any atom is -0.326 e. The maximum atomic E-state index is 12.5. The molecule has 156 valence electrons. The molecule has 0 spiro atoms. The summed E-state index contributed by atoms with van der Waals surface area (Å²) in [5, 5.41) is 5.54. The highest BCUT2D eigenvalue weighted by Crippen LogP contribution is 2.24. The van der Waals surface area contributed by atoms with Crippen LogP contribution in [0.5, 0.6) is 0 Å². The van der Waals surface area contributed by atoms with Crippen LogP contribution < -0.4 is 10.6 Å². The van der Waals surface area contributed by atoms with Crippen LogP contribution in [0.25, 0.3) is 0 Å². The summed E-state index contributed by atoms with van der Waals surface area (Å²) in [4.78, 5) is 50.1. The number of aryl methyl sites for hydroxylation is 1. The Labute approximate surface area is 175 Å². The number of fused-ring (bicyclic) bond motifs is 1. The van der Waals surface area contributed by atoms with Crippen molar-refractivity contribution in [2.75, 3.05) is 17.2 Å². The van der Waals surface area contributed by atoms with E-state index >= 15 is 0 Å². The van der Waals surface area contributed by atoms with Crippen molar-refractivity contribution in [1.82, 2.24) is 4.90 Å². The molecule has 0 saturated carbocycles. The molecule has 7 heteroatoms. The second kappa shape index (κ2) is 8.90. The molecule has 30 heavy (non-hydrogen) atoms. The summed E-state index contributed by atoms with van der Waals surface area (Å²) in [5.41, 5.74) is 2.88. The number of amides is 4. The van der Waals surface area contributed by atoms with Crippen molar-refractivity contribution in [3.8, 4) is 0 Å². The minimum absolute atomic E-state index is 0.00265. The third-order valence-corrected chi connectivity index (χ3v) is 4.73. The van der Waals surface area contributed by atoms with Crippen molar-refractivity contribution in [3.63, 3.8) is 0 Å². The van der Waals surface area contributed by atoms with E-state index in [2.05, 4.69) is 10.6 Å². The lowest BCUT2D eigenvalue weighted by Gasteiger charge is -2.13. The van der Waals surface area contributed by atoms with E-state index < -0.39 is 0 Å². The van der Waals surface area contributed by atoms with Crippen LogP contribution in [0.15, 0.2) is 42.5 Å². The molecule has 2 aromatic carbocycles. The number of nitrogens with one attached hydrogen (secondary N) is 2. The van der Waals surface area contributed by atoms with E-state index in [0.29, 0.717) is 28.9 Å². The van der Waals surface area contributed by atoms with Crippen LogP contribution in [0, 0.1) is 12.8 Å². The first-order valence-corrected chi connectivity index (χ1v) is 9.91. The molecular weight excluding hydrogens is 382 g/mol. The van der Waals surface area contributed by atoms with Gasteiger partial charge in [-0.1, -0.05) is 25.5 Å². The number of benzene rings is 2. The van der Waals surface area contributed by atoms with Gasteiger partial charge in [0, 0.05) is 30.8 Å². The largest absolute Gasteiger partial charge is 0.326 e. The second-order valence-corrected chi connectivity index (χ2v) is 7.83. The van der Waals surface area contributed by atoms with Gasteiger partial charge < -0.3 is 10.6 Å². The van der Waals surface area contributed by atoms with Gasteiger partial charge in [-0.15, -0.1) is 0 Å². The van der Waals surface area contributed by atoms with Crippen molar-refractivity contribution in [3.05, 3.63) is 59.2 Å². The van der Waals surface area contributed by atoms with Crippen LogP contribution in [-0.2, 0) is 9.59 Å². The van der Waals surface area contributed by atoms with Gasteiger partial charge in [-0.25, -0.2) is 0 Å². The van der Waals surface area contributed by atoms with E-state index in [1.165, 1.54) is 0 Å². The Balaban J connectivity index is 1.52. The van der Waals surface area contributed by atoms with Crippen molar-refractivity contribution in [1.29, 1.82) is 0 Å². The summed E-state index contributed by atoms with van der Waals surface area (Å²) in [5.74, 6) is -0.829. The van der Waals surface area contributed by atoms with Gasteiger partial charge in [-0.3, -0.25) is 24.1 Å². The van der Waals surface area contributed by atoms with Crippen molar-refractivity contribution < 1.29 is 19.2 Å². The summed E-state index contributed by atoms with van der Waals surface area (Å²) >= 11 is 0. The highest BCUT2D eigenvalue weighted by atomic mass is 16.2. The quantitative estimate of drug-likeness (QED) is 0.686. The summed E-state index contributed by atoms with van der Waals surface area (Å²) in [6, 6.07) is 11.9. The van der Waals surface area contributed by atoms with E-state index in [1.54, 1.807) is 42.5 Å². The predicted molar refractivity (Wildman–Crippen MR) is 114 cm³/mol. The Morgan fingerprint density at radius 3 is 2.03 bits per heavy atom. The molecule has 0 saturated heterocycles. The topological polar surface area (TPSA) is 95.6 Å². The molecule has 2 aromatic rings. The number of nitrogens with zero attached hydrogens (tertiary/aromatic N) is 1. The molecule has 0 unspecified atom stereocenters. The highest BCUT2D eigenvalue weighted by molar-refractivity contribution is 6.21. The first kappa shape index (κ1) is 21.2. The SMILES string of the molecule is Cc1ccc2c(c1)C(=O)N(CCC(=O)Nc1ccc(NC(=O)CC(C)C)cc1)C2=O. The Bertz CT molecular complexity index is 996. The third kappa shape index (κ3) is 4.92. The zero-order valence-electron chi connectivity index (χ0n) is 17.3. The van der Waals surface area contributed by atoms with E-state index in [-0.39, 0.29) is 42.5 Å². The van der Waals surface area contributed by atoms with E-state index in [4.69, 9.17) is 0 Å². The van der Waals surface area contributed by atoms with Gasteiger partial charge in [0.25, 0.3) is 11.8 Å². The standard InChI is InChI=1S/C23H25N3O4/c1-14(2)12-21(28)25-17-7-5-16(6-8-17)24-20(27)10-11-26-22(29)18-9-4-15(3)13-19(18)23(26)30/h4-9,13-14H,10-12H2,1-3H3,(H,24,27)(H,25,28). The number of imide groups is 1. The van der Waals surface area contributed by atoms with Crippen LogP contribution in [0.1, 0.15) is 53.0 Å². The third-order valence-electron chi connectivity index (χ3n) is 4.73. The number of anilines is 2. The molecule has 4 amide bonds. The van der Waals surface area contributed by atoms with E-state index in [0.717, 1.165) is 10.5 Å². The molecule has 2 N–H and O–H groups in total. The Morgan fingerprint density at radius 1 is 0.867 bits per heavy atom. The van der Waals surface area contributed by atoms with E-state index in [1.807, 2.05) is 20.8 Å². The van der Waals surface area contributed by atoms with Gasteiger partial charge in [0.2, 0.25) is 11.8 Å². The van der Waals surface area contributed by atoms with Crippen molar-refractivity contribution >= 4 is 35.0 Å². The summed E-state index contributed by atoms with van der Waals surface area (Å²) in [7, 11) is 0. The fourth-order valence-electron chi connectivity index (χ4n) is 3.26. The van der Waals surface area contributed by atoms with E-state index in [9.17, 15) is 19.2 Å². The van der Waals surface area contributed by atoms with Crippen LogP contribution in [0.4, 0.5) is 11.4 Å². The molecule has 0 aromatic heterocycles. The normalized spacial score (nSPS) is 12.9. The number of carbonyl (C=O) groups excluding carboxylic acids is 4. The number of hydrogen-bond donors (Lipinski definition) is 2. The fraction of sp³-hybridized carbons (Fsp3) is 0.304. The monoisotopic (exact) mass is 407 g/mol. The van der Waals surface area contributed by atoms with Crippen molar-refractivity contribution in [2.45, 2.75) is 33.6 Å². The van der Waals surface area contributed by atoms with Crippen LogP contribution >= 0.6 is 0 Å². The Kier molecular flexibility index (Phi) is 6.30. The first-order chi connectivity index (χ1) is 14.2. The average Bonchev–Trinajstić information content (AvgIpc) is 2.91. The lowest BCUT2D eigenvalue weighted by atomic mass is 10.1. The lowest BCUT2D eigenvalue weighted by molar-refractivity contribution is -0.117. The van der Waals surface area contributed by atoms with Crippen LogP contribution in [-0.4, -0.2) is 35.1 Å². The molecule has 0 fully saturated rings. The van der Waals surface area contributed by atoms with Gasteiger partial charge in [0.15, 0.2) is 0 Å². The smallest absolute Gasteiger partial charge is 0.261 e. The molecule has 0 aliphatic carbocycles. The van der Waals surface area contributed by atoms with Gasteiger partial charge in [0.1, 0.15) is 0 Å². The zero-order chi connectivity index (χ0) is 21.8. The maximum absolute atomic E-state index is 12.5. The summed E-state index contributed by atoms with van der Waals surface area (Å²) < 4.78 is 0. The number of rotatable bonds is 7. The minimum atomic E-state index is -0.371. The molecule has 0 bridgehead atoms. The summed E-state index contributed by atoms with van der Waals surface area (Å²) in [6.45, 7) is 5.82. The highest BCUT2D eigenvalue weighted by Gasteiger charge is 2.35. The molecule has 1 aliphatic heterocycles. The number of carbonyl (C=O) groups is 4. The van der Waals surface area contributed by atoms with Gasteiger partial charge in [-0.2, -0.15) is 0 Å². The molecule has 0 atom stereocenters. The van der Waals surface area contributed by atoms with Gasteiger partial charge in [0.05, 0.1) is 11.1 Å². The fourth-order valence-corrected chi connectivity index (χ4v) is 3.26. The molecule has 1 heterocycles. The molecular formula is C23H25N3O4. The maximum Gasteiger partial charge on any atom is 0.261 e. The number of hydrogen-bond acceptors (Lipinski definition) is 4. The molecule has 3 rings (SSSR count).